The fourth-order valence-corrected chi connectivity index (χ4v) is 3.17. The third-order valence-corrected chi connectivity index (χ3v) is 4.63. The highest BCUT2D eigenvalue weighted by atomic mass is 35.5. The van der Waals surface area contributed by atoms with Crippen LogP contribution in [-0.4, -0.2) is 27.0 Å². The highest BCUT2D eigenvalue weighted by Gasteiger charge is 2.25. The van der Waals surface area contributed by atoms with E-state index in [0.717, 1.165) is 0 Å². The standard InChI is InChI=1S/C17H11ClN4O5S/c18-11-3-4-14(19-8-11)20-15(23)7-10-2-1-9(5-12(10)22(26)27)6-13-16(24)21-17(25)28-13/h1-6,8H,7H2,(H,19,20,23)(H,21,24,25)/b13-6-. The summed E-state index contributed by atoms with van der Waals surface area (Å²) in [6.45, 7) is 0. The molecule has 9 nitrogen and oxygen atoms in total. The first kappa shape index (κ1) is 19.5. The van der Waals surface area contributed by atoms with Crippen LogP contribution in [0.25, 0.3) is 6.08 Å². The zero-order valence-corrected chi connectivity index (χ0v) is 15.5. The van der Waals surface area contributed by atoms with Crippen LogP contribution >= 0.6 is 23.4 Å². The number of benzene rings is 1. The van der Waals surface area contributed by atoms with E-state index in [4.69, 9.17) is 11.6 Å². The van der Waals surface area contributed by atoms with Crippen LogP contribution in [0.5, 0.6) is 0 Å². The predicted molar refractivity (Wildman–Crippen MR) is 104 cm³/mol. The molecule has 3 rings (SSSR count). The van der Waals surface area contributed by atoms with Gasteiger partial charge in [0, 0.05) is 17.8 Å². The van der Waals surface area contributed by atoms with Crippen LogP contribution < -0.4 is 10.6 Å². The molecule has 1 saturated heterocycles. The summed E-state index contributed by atoms with van der Waals surface area (Å²) in [5, 5.41) is 15.9. The van der Waals surface area contributed by atoms with Gasteiger partial charge in [-0.2, -0.15) is 0 Å². The molecule has 1 aromatic heterocycles. The normalized spacial score (nSPS) is 14.8. The average molecular weight is 419 g/mol. The highest BCUT2D eigenvalue weighted by molar-refractivity contribution is 8.18. The molecule has 0 atom stereocenters. The maximum absolute atomic E-state index is 12.2. The minimum atomic E-state index is -0.613. The van der Waals surface area contributed by atoms with Crippen molar-refractivity contribution in [2.24, 2.45) is 0 Å². The van der Waals surface area contributed by atoms with Crippen LogP contribution in [0.2, 0.25) is 5.02 Å². The fourth-order valence-electron chi connectivity index (χ4n) is 2.37. The molecule has 1 aliphatic heterocycles. The number of hydrogen-bond donors (Lipinski definition) is 2. The Balaban J connectivity index is 1.79. The molecule has 0 spiro atoms. The Morgan fingerprint density at radius 1 is 1.32 bits per heavy atom. The average Bonchev–Trinajstić information content (AvgIpc) is 2.95. The van der Waals surface area contributed by atoms with Crippen LogP contribution in [0.1, 0.15) is 11.1 Å². The lowest BCUT2D eigenvalue weighted by atomic mass is 10.1. The molecule has 1 fully saturated rings. The molecule has 2 aromatic rings. The largest absolute Gasteiger partial charge is 0.310 e. The zero-order chi connectivity index (χ0) is 20.3. The molecular weight excluding hydrogens is 408 g/mol. The number of carbonyl (C=O) groups excluding carboxylic acids is 3. The van der Waals surface area contributed by atoms with Gasteiger partial charge in [-0.3, -0.25) is 29.8 Å². The third-order valence-electron chi connectivity index (χ3n) is 3.59. The van der Waals surface area contributed by atoms with E-state index >= 15 is 0 Å². The van der Waals surface area contributed by atoms with Crippen LogP contribution in [0, 0.1) is 10.1 Å². The Morgan fingerprint density at radius 2 is 2.11 bits per heavy atom. The Kier molecular flexibility index (Phi) is 5.71. The molecule has 2 N–H and O–H groups in total. The van der Waals surface area contributed by atoms with Crippen LogP contribution in [0.4, 0.5) is 16.3 Å². The first-order chi connectivity index (χ1) is 13.3. The van der Waals surface area contributed by atoms with Crippen molar-refractivity contribution < 1.29 is 19.3 Å². The number of aromatic nitrogens is 1. The number of rotatable bonds is 5. The maximum atomic E-state index is 12.2. The second kappa shape index (κ2) is 8.19. The van der Waals surface area contributed by atoms with E-state index in [1.807, 2.05) is 0 Å². The molecule has 11 heteroatoms. The van der Waals surface area contributed by atoms with E-state index in [9.17, 15) is 24.5 Å². The Labute approximate surface area is 167 Å². The molecule has 0 aliphatic carbocycles. The van der Waals surface area contributed by atoms with Gasteiger partial charge in [0.05, 0.1) is 21.3 Å². The lowest BCUT2D eigenvalue weighted by Crippen LogP contribution is -2.17. The van der Waals surface area contributed by atoms with E-state index in [-0.39, 0.29) is 28.4 Å². The first-order valence-corrected chi connectivity index (χ1v) is 8.95. The van der Waals surface area contributed by atoms with Gasteiger partial charge >= 0.3 is 0 Å². The zero-order valence-electron chi connectivity index (χ0n) is 14.0. The van der Waals surface area contributed by atoms with Crippen molar-refractivity contribution >= 4 is 58.0 Å². The van der Waals surface area contributed by atoms with E-state index in [0.29, 0.717) is 22.3 Å². The van der Waals surface area contributed by atoms with Gasteiger partial charge in [-0.05, 0) is 35.5 Å². The number of hydrogen-bond acceptors (Lipinski definition) is 7. The molecule has 0 unspecified atom stereocenters. The summed E-state index contributed by atoms with van der Waals surface area (Å²) in [6.07, 6.45) is 2.49. The lowest BCUT2D eigenvalue weighted by molar-refractivity contribution is -0.385. The van der Waals surface area contributed by atoms with Crippen molar-refractivity contribution in [1.82, 2.24) is 10.3 Å². The van der Waals surface area contributed by atoms with E-state index in [1.54, 1.807) is 6.07 Å². The van der Waals surface area contributed by atoms with Gasteiger partial charge in [0.25, 0.3) is 16.8 Å². The maximum Gasteiger partial charge on any atom is 0.290 e. The van der Waals surface area contributed by atoms with E-state index < -0.39 is 22.0 Å². The van der Waals surface area contributed by atoms with Gasteiger partial charge in [-0.25, -0.2) is 4.98 Å². The molecule has 1 aromatic carbocycles. The van der Waals surface area contributed by atoms with Gasteiger partial charge in [0.15, 0.2) is 0 Å². The summed E-state index contributed by atoms with van der Waals surface area (Å²) < 4.78 is 0. The second-order valence-electron chi connectivity index (χ2n) is 5.58. The number of carbonyl (C=O) groups is 3. The number of halogens is 1. The first-order valence-electron chi connectivity index (χ1n) is 7.75. The Bertz CT molecular complexity index is 1020. The van der Waals surface area contributed by atoms with Crippen molar-refractivity contribution in [3.63, 3.8) is 0 Å². The van der Waals surface area contributed by atoms with Gasteiger partial charge < -0.3 is 5.32 Å². The number of anilines is 1. The molecule has 1 aliphatic rings. The molecule has 2 heterocycles. The van der Waals surface area contributed by atoms with Crippen LogP contribution in [0.3, 0.4) is 0 Å². The summed E-state index contributed by atoms with van der Waals surface area (Å²) in [7, 11) is 0. The number of thioether (sulfide) groups is 1. The SMILES string of the molecule is O=C(Cc1ccc(/C=C2\SC(=O)NC2=O)cc1[N+](=O)[O-])Nc1ccc(Cl)cn1. The molecule has 0 saturated carbocycles. The minimum absolute atomic E-state index is 0.138. The number of amides is 3. The quantitative estimate of drug-likeness (QED) is 0.433. The lowest BCUT2D eigenvalue weighted by Gasteiger charge is -2.06. The molecular formula is C17H11ClN4O5S. The van der Waals surface area contributed by atoms with Gasteiger partial charge in [-0.1, -0.05) is 23.7 Å². The van der Waals surface area contributed by atoms with Crippen molar-refractivity contribution in [3.8, 4) is 0 Å². The molecule has 28 heavy (non-hydrogen) atoms. The monoisotopic (exact) mass is 418 g/mol. The van der Waals surface area contributed by atoms with Gasteiger partial charge in [-0.15, -0.1) is 0 Å². The number of nitro groups is 1. The Morgan fingerprint density at radius 3 is 2.71 bits per heavy atom. The third kappa shape index (κ3) is 4.72. The van der Waals surface area contributed by atoms with Crippen molar-refractivity contribution in [1.29, 1.82) is 0 Å². The number of nitrogens with one attached hydrogen (secondary N) is 2. The summed E-state index contributed by atoms with van der Waals surface area (Å²) in [6, 6.07) is 7.26. The summed E-state index contributed by atoms with van der Waals surface area (Å²) in [5.74, 6) is -0.774. The van der Waals surface area contributed by atoms with Crippen molar-refractivity contribution in [2.45, 2.75) is 6.42 Å². The number of imide groups is 1. The molecule has 3 amide bonds. The topological polar surface area (TPSA) is 131 Å². The number of pyridine rings is 1. The summed E-state index contributed by atoms with van der Waals surface area (Å²) in [4.78, 5) is 49.8. The minimum Gasteiger partial charge on any atom is -0.310 e. The molecule has 142 valence electrons. The van der Waals surface area contributed by atoms with Crippen LogP contribution in [0.15, 0.2) is 41.4 Å². The second-order valence-corrected chi connectivity index (χ2v) is 7.04. The van der Waals surface area contributed by atoms with Crippen LogP contribution in [-0.2, 0) is 16.0 Å². The van der Waals surface area contributed by atoms with Gasteiger partial charge in [0.1, 0.15) is 5.82 Å². The predicted octanol–water partition coefficient (Wildman–Crippen LogP) is 3.15. The smallest absolute Gasteiger partial charge is 0.290 e. The van der Waals surface area contributed by atoms with Gasteiger partial charge in [0.2, 0.25) is 5.91 Å². The molecule has 0 radical (unpaired) electrons. The molecule has 0 bridgehead atoms. The number of nitro benzene ring substituents is 1. The summed E-state index contributed by atoms with van der Waals surface area (Å²) >= 11 is 6.44. The van der Waals surface area contributed by atoms with E-state index in [1.165, 1.54) is 36.5 Å². The summed E-state index contributed by atoms with van der Waals surface area (Å²) in [5.41, 5.74) is 0.282. The van der Waals surface area contributed by atoms with E-state index in [2.05, 4.69) is 15.6 Å². The fraction of sp³-hybridized carbons (Fsp3) is 0.0588. The highest BCUT2D eigenvalue weighted by Crippen LogP contribution is 2.28. The Hall–Kier alpha value is -3.24. The van der Waals surface area contributed by atoms with Crippen molar-refractivity contribution in [2.75, 3.05) is 5.32 Å². The van der Waals surface area contributed by atoms with Crippen molar-refractivity contribution in [3.05, 3.63) is 67.7 Å². The number of nitrogens with zero attached hydrogens (tertiary/aromatic N) is 2.